The standard InChI is InChI=1S/C20H31N3O2/c1-3-23-14-17(25-19-12-8-7-11-18(19)23)13-22(2)15-20(24)21-16-9-5-4-6-10-16/h7-8,11-12,16-17H,3-6,9-10,13-15H2,1-2H3,(H,21,24). The summed E-state index contributed by atoms with van der Waals surface area (Å²) in [6.45, 7) is 5.18. The number of rotatable bonds is 6. The van der Waals surface area contributed by atoms with E-state index in [-0.39, 0.29) is 12.0 Å². The Balaban J connectivity index is 1.49. The highest BCUT2D eigenvalue weighted by molar-refractivity contribution is 5.78. The fourth-order valence-corrected chi connectivity index (χ4v) is 3.95. The minimum Gasteiger partial charge on any atom is -0.485 e. The molecule has 0 aromatic heterocycles. The molecular weight excluding hydrogens is 314 g/mol. The molecule has 1 atom stereocenters. The normalized spacial score (nSPS) is 20.9. The van der Waals surface area contributed by atoms with Crippen LogP contribution in [-0.4, -0.2) is 56.2 Å². The summed E-state index contributed by atoms with van der Waals surface area (Å²) in [5, 5.41) is 3.19. The number of hydrogen-bond acceptors (Lipinski definition) is 4. The maximum Gasteiger partial charge on any atom is 0.234 e. The molecule has 1 heterocycles. The Labute approximate surface area is 151 Å². The molecule has 3 rings (SSSR count). The van der Waals surface area contributed by atoms with Crippen molar-refractivity contribution >= 4 is 11.6 Å². The van der Waals surface area contributed by atoms with Gasteiger partial charge in [-0.05, 0) is 38.9 Å². The number of hydrogen-bond donors (Lipinski definition) is 1. The van der Waals surface area contributed by atoms with E-state index in [2.05, 4.69) is 28.1 Å². The van der Waals surface area contributed by atoms with Crippen molar-refractivity contribution in [3.63, 3.8) is 0 Å². The second kappa shape index (κ2) is 8.56. The first-order valence-electron chi connectivity index (χ1n) is 9.64. The molecule has 1 aliphatic carbocycles. The summed E-state index contributed by atoms with van der Waals surface area (Å²) in [5.74, 6) is 1.08. The smallest absolute Gasteiger partial charge is 0.234 e. The minimum absolute atomic E-state index is 0.0855. The molecule has 0 radical (unpaired) electrons. The van der Waals surface area contributed by atoms with Gasteiger partial charge in [0.05, 0.1) is 18.8 Å². The van der Waals surface area contributed by atoms with Crippen molar-refractivity contribution in [2.45, 2.75) is 51.2 Å². The zero-order valence-electron chi connectivity index (χ0n) is 15.5. The SMILES string of the molecule is CCN1CC(CN(C)CC(=O)NC2CCCCC2)Oc2ccccc21. The van der Waals surface area contributed by atoms with Gasteiger partial charge in [0, 0.05) is 19.1 Å². The predicted octanol–water partition coefficient (Wildman–Crippen LogP) is 2.65. The third-order valence-electron chi connectivity index (χ3n) is 5.20. The van der Waals surface area contributed by atoms with Crippen LogP contribution in [0.4, 0.5) is 5.69 Å². The number of fused-ring (bicyclic) bond motifs is 1. The number of carbonyl (C=O) groups is 1. The van der Waals surface area contributed by atoms with Crippen molar-refractivity contribution in [1.82, 2.24) is 10.2 Å². The minimum atomic E-state index is 0.0855. The van der Waals surface area contributed by atoms with Gasteiger partial charge in [0.2, 0.25) is 5.91 Å². The van der Waals surface area contributed by atoms with Crippen LogP contribution in [-0.2, 0) is 4.79 Å². The van der Waals surface area contributed by atoms with Crippen LogP contribution in [0.15, 0.2) is 24.3 Å². The van der Waals surface area contributed by atoms with Crippen LogP contribution in [0.2, 0.25) is 0 Å². The summed E-state index contributed by atoms with van der Waals surface area (Å²) in [5.41, 5.74) is 1.17. The first-order valence-corrected chi connectivity index (χ1v) is 9.64. The Kier molecular flexibility index (Phi) is 6.19. The molecule has 0 bridgehead atoms. The van der Waals surface area contributed by atoms with E-state index in [1.807, 2.05) is 25.2 Å². The Morgan fingerprint density at radius 3 is 2.80 bits per heavy atom. The van der Waals surface area contributed by atoms with Crippen molar-refractivity contribution < 1.29 is 9.53 Å². The monoisotopic (exact) mass is 345 g/mol. The van der Waals surface area contributed by atoms with Gasteiger partial charge in [-0.25, -0.2) is 0 Å². The lowest BCUT2D eigenvalue weighted by Gasteiger charge is -2.37. The number of para-hydroxylation sites is 2. The van der Waals surface area contributed by atoms with E-state index in [0.29, 0.717) is 12.6 Å². The van der Waals surface area contributed by atoms with Crippen molar-refractivity contribution in [2.24, 2.45) is 0 Å². The van der Waals surface area contributed by atoms with Crippen LogP contribution < -0.4 is 15.0 Å². The van der Waals surface area contributed by atoms with Gasteiger partial charge in [-0.1, -0.05) is 31.4 Å². The highest BCUT2D eigenvalue weighted by Crippen LogP contribution is 2.32. The molecule has 1 amide bonds. The summed E-state index contributed by atoms with van der Waals surface area (Å²) < 4.78 is 6.15. The topological polar surface area (TPSA) is 44.8 Å². The first kappa shape index (κ1) is 18.1. The zero-order chi connectivity index (χ0) is 17.6. The van der Waals surface area contributed by atoms with Crippen LogP contribution in [0.1, 0.15) is 39.0 Å². The summed E-state index contributed by atoms with van der Waals surface area (Å²) in [7, 11) is 2.00. The molecule has 1 aliphatic heterocycles. The highest BCUT2D eigenvalue weighted by Gasteiger charge is 2.26. The van der Waals surface area contributed by atoms with Crippen molar-refractivity contribution in [1.29, 1.82) is 0 Å². The molecule has 1 N–H and O–H groups in total. The summed E-state index contributed by atoms with van der Waals surface area (Å²) in [4.78, 5) is 16.7. The Morgan fingerprint density at radius 1 is 1.28 bits per heavy atom. The lowest BCUT2D eigenvalue weighted by molar-refractivity contribution is -0.123. The van der Waals surface area contributed by atoms with Crippen molar-refractivity contribution in [2.75, 3.05) is 38.1 Å². The average molecular weight is 345 g/mol. The Bertz CT molecular complexity index is 572. The van der Waals surface area contributed by atoms with Gasteiger partial charge >= 0.3 is 0 Å². The van der Waals surface area contributed by atoms with E-state index in [0.717, 1.165) is 38.2 Å². The predicted molar refractivity (Wildman–Crippen MR) is 101 cm³/mol. The lowest BCUT2D eigenvalue weighted by atomic mass is 9.95. The van der Waals surface area contributed by atoms with E-state index in [9.17, 15) is 4.79 Å². The number of likely N-dealkylation sites (N-methyl/N-ethyl adjacent to an activating group) is 2. The molecule has 0 spiro atoms. The van der Waals surface area contributed by atoms with Crippen molar-refractivity contribution in [3.05, 3.63) is 24.3 Å². The van der Waals surface area contributed by atoms with Gasteiger partial charge in [0.25, 0.3) is 0 Å². The van der Waals surface area contributed by atoms with Crippen molar-refractivity contribution in [3.8, 4) is 5.75 Å². The van der Waals surface area contributed by atoms with E-state index in [1.54, 1.807) is 0 Å². The molecule has 25 heavy (non-hydrogen) atoms. The Morgan fingerprint density at radius 2 is 2.04 bits per heavy atom. The van der Waals surface area contributed by atoms with Gasteiger partial charge in [0.15, 0.2) is 0 Å². The third kappa shape index (κ3) is 4.88. The molecule has 138 valence electrons. The fraction of sp³-hybridized carbons (Fsp3) is 0.650. The first-order chi connectivity index (χ1) is 12.2. The number of amides is 1. The highest BCUT2D eigenvalue weighted by atomic mass is 16.5. The van der Waals surface area contributed by atoms with Crippen LogP contribution in [0.3, 0.4) is 0 Å². The molecule has 0 saturated heterocycles. The van der Waals surface area contributed by atoms with E-state index < -0.39 is 0 Å². The molecular formula is C20H31N3O2. The maximum atomic E-state index is 12.3. The molecule has 1 aromatic carbocycles. The summed E-state index contributed by atoms with van der Waals surface area (Å²) in [6.07, 6.45) is 6.13. The molecule has 5 nitrogen and oxygen atoms in total. The van der Waals surface area contributed by atoms with Gasteiger partial charge in [0.1, 0.15) is 11.9 Å². The quantitative estimate of drug-likeness (QED) is 0.861. The van der Waals surface area contributed by atoms with E-state index in [4.69, 9.17) is 4.74 Å². The number of nitrogens with zero attached hydrogens (tertiary/aromatic N) is 2. The summed E-state index contributed by atoms with van der Waals surface area (Å²) in [6, 6.07) is 8.57. The van der Waals surface area contributed by atoms with E-state index in [1.165, 1.54) is 24.9 Å². The molecule has 1 fully saturated rings. The van der Waals surface area contributed by atoms with Gasteiger partial charge in [-0.3, -0.25) is 9.69 Å². The largest absolute Gasteiger partial charge is 0.485 e. The second-order valence-electron chi connectivity index (χ2n) is 7.35. The average Bonchev–Trinajstić information content (AvgIpc) is 2.61. The fourth-order valence-electron chi connectivity index (χ4n) is 3.95. The molecule has 1 unspecified atom stereocenters. The van der Waals surface area contributed by atoms with Gasteiger partial charge in [-0.15, -0.1) is 0 Å². The van der Waals surface area contributed by atoms with Gasteiger partial charge < -0.3 is 15.0 Å². The zero-order valence-corrected chi connectivity index (χ0v) is 15.5. The maximum absolute atomic E-state index is 12.3. The molecule has 2 aliphatic rings. The van der Waals surface area contributed by atoms with Crippen LogP contribution in [0.25, 0.3) is 0 Å². The summed E-state index contributed by atoms with van der Waals surface area (Å²) >= 11 is 0. The van der Waals surface area contributed by atoms with Crippen LogP contribution in [0, 0.1) is 0 Å². The van der Waals surface area contributed by atoms with E-state index >= 15 is 0 Å². The van der Waals surface area contributed by atoms with Gasteiger partial charge in [-0.2, -0.15) is 0 Å². The lowest BCUT2D eigenvalue weighted by Crippen LogP contribution is -2.48. The third-order valence-corrected chi connectivity index (χ3v) is 5.20. The number of anilines is 1. The number of ether oxygens (including phenoxy) is 1. The van der Waals surface area contributed by atoms with Crippen LogP contribution in [0.5, 0.6) is 5.75 Å². The van der Waals surface area contributed by atoms with Crippen LogP contribution >= 0.6 is 0 Å². The Hall–Kier alpha value is -1.75. The number of nitrogens with one attached hydrogen (secondary N) is 1. The second-order valence-corrected chi connectivity index (χ2v) is 7.35. The molecule has 5 heteroatoms. The number of carbonyl (C=O) groups excluding carboxylic acids is 1. The molecule has 1 saturated carbocycles. The number of benzene rings is 1. The molecule has 1 aromatic rings.